The Morgan fingerprint density at radius 3 is 1.85 bits per heavy atom. The molecule has 0 amide bonds. The Balaban J connectivity index is 4.58. The van der Waals surface area contributed by atoms with Gasteiger partial charge < -0.3 is 0 Å². The molecular weight excluding hydrogens is 213 g/mol. The minimum Gasteiger partial charge on any atom is -0.299 e. The van der Waals surface area contributed by atoms with Gasteiger partial charge in [0.05, 0.1) is 13.2 Å². The molecule has 0 spiro atoms. The second-order valence-electron chi connectivity index (χ2n) is 2.33. The van der Waals surface area contributed by atoms with E-state index in [4.69, 9.17) is 9.05 Å². The summed E-state index contributed by atoms with van der Waals surface area (Å²) < 4.78 is 34.3. The van der Waals surface area contributed by atoms with Crippen LogP contribution in [0.1, 0.15) is 13.8 Å². The highest BCUT2D eigenvalue weighted by molar-refractivity contribution is 8.44. The minimum absolute atomic E-state index is 0.219. The predicted octanol–water partition coefficient (Wildman–Crippen LogP) is 1.39. The molecule has 0 aliphatic heterocycles. The topological polar surface area (TPSA) is 55.8 Å². The van der Waals surface area contributed by atoms with Crippen LogP contribution in [0, 0.1) is 0 Å². The molecule has 0 bridgehead atoms. The Labute approximate surface area is 81.3 Å². The van der Waals surface area contributed by atoms with Gasteiger partial charge in [0.25, 0.3) is 0 Å². The Hall–Kier alpha value is 0.260. The van der Waals surface area contributed by atoms with Gasteiger partial charge in [-0.3, -0.25) is 9.05 Å². The van der Waals surface area contributed by atoms with Crippen LogP contribution in [0.3, 0.4) is 0 Å². The van der Waals surface area contributed by atoms with Gasteiger partial charge in [0, 0.05) is 14.1 Å². The molecule has 0 rings (SSSR count). The maximum atomic E-state index is 11.8. The molecule has 0 fully saturated rings. The van der Waals surface area contributed by atoms with Crippen molar-refractivity contribution in [3.05, 3.63) is 0 Å². The van der Waals surface area contributed by atoms with Crippen LogP contribution in [0.2, 0.25) is 0 Å². The number of rotatable bonds is 6. The highest BCUT2D eigenvalue weighted by atomic mass is 32.8. The smallest absolute Gasteiger partial charge is 0.299 e. The molecule has 5 nitrogen and oxygen atoms in total. The molecule has 0 aromatic carbocycles. The lowest BCUT2D eigenvalue weighted by Crippen LogP contribution is -2.17. The fraction of sp³-hybridized carbons (Fsp3) is 1.00. The molecule has 0 radical (unpaired) electrons. The summed E-state index contributed by atoms with van der Waals surface area (Å²) in [4.78, 5) is 0. The molecule has 0 N–H and O–H groups in total. The molecule has 0 heterocycles. The van der Waals surface area contributed by atoms with E-state index in [2.05, 4.69) is 0 Å². The van der Waals surface area contributed by atoms with E-state index >= 15 is 0 Å². The Bertz CT molecular complexity index is 211. The second kappa shape index (κ2) is 5.88. The largest absolute Gasteiger partial charge is 0.433 e. The fourth-order valence-corrected chi connectivity index (χ4v) is 4.30. The highest BCUT2D eigenvalue weighted by Crippen LogP contribution is 2.52. The first-order valence-corrected chi connectivity index (χ1v) is 7.22. The molecular formula is C6H16NO4PS. The van der Waals surface area contributed by atoms with Gasteiger partial charge in [0.2, 0.25) is 10.6 Å². The van der Waals surface area contributed by atoms with Crippen molar-refractivity contribution in [2.24, 2.45) is 0 Å². The van der Waals surface area contributed by atoms with Gasteiger partial charge >= 0.3 is 6.80 Å². The molecule has 0 aromatic rings. The molecule has 0 aliphatic carbocycles. The van der Waals surface area contributed by atoms with E-state index in [1.807, 2.05) is 0 Å². The third-order valence-electron chi connectivity index (χ3n) is 1.08. The van der Waals surface area contributed by atoms with E-state index in [1.165, 1.54) is 4.31 Å². The third-order valence-corrected chi connectivity index (χ3v) is 5.99. The van der Waals surface area contributed by atoms with Crippen LogP contribution in [0.4, 0.5) is 0 Å². The first-order chi connectivity index (χ1) is 5.98. The Morgan fingerprint density at radius 1 is 1.23 bits per heavy atom. The van der Waals surface area contributed by atoms with Gasteiger partial charge in [-0.25, -0.2) is 13.1 Å². The van der Waals surface area contributed by atoms with E-state index in [0.29, 0.717) is 0 Å². The molecule has 0 saturated heterocycles. The lowest BCUT2D eigenvalue weighted by Gasteiger charge is -2.18. The van der Waals surface area contributed by atoms with Crippen molar-refractivity contribution in [1.82, 2.24) is 4.31 Å². The highest BCUT2D eigenvalue weighted by Gasteiger charge is 2.34. The summed E-state index contributed by atoms with van der Waals surface area (Å²) in [6.07, 6.45) is 0. The van der Waals surface area contributed by atoms with Gasteiger partial charge in [-0.1, -0.05) is 0 Å². The van der Waals surface area contributed by atoms with Gasteiger partial charge in [-0.2, -0.15) is 0 Å². The van der Waals surface area contributed by atoms with Crippen LogP contribution in [0.5, 0.6) is 0 Å². The minimum atomic E-state index is -3.47. The molecule has 0 aliphatic rings. The monoisotopic (exact) mass is 229 g/mol. The number of hydrogen-bond acceptors (Lipinski definition) is 4. The standard InChI is InChI=1S/C6H16NO4PS/c1-5-10-12(8,11-6-2)13(9)7(3)4/h5-6H2,1-4H3. The van der Waals surface area contributed by atoms with Crippen molar-refractivity contribution in [3.63, 3.8) is 0 Å². The summed E-state index contributed by atoms with van der Waals surface area (Å²) >= 11 is 0. The van der Waals surface area contributed by atoms with Crippen LogP contribution >= 0.6 is 6.80 Å². The zero-order valence-corrected chi connectivity index (χ0v) is 10.1. The predicted molar refractivity (Wildman–Crippen MR) is 52.7 cm³/mol. The SMILES string of the molecule is CCOP(=O)(OCC)S(=O)N(C)C. The van der Waals surface area contributed by atoms with Crippen molar-refractivity contribution >= 4 is 17.4 Å². The lowest BCUT2D eigenvalue weighted by molar-refractivity contribution is 0.234. The third kappa shape index (κ3) is 3.87. The first kappa shape index (κ1) is 13.3. The Kier molecular flexibility index (Phi) is 6.00. The van der Waals surface area contributed by atoms with Crippen molar-refractivity contribution in [2.75, 3.05) is 27.3 Å². The summed E-state index contributed by atoms with van der Waals surface area (Å²) in [5, 5.41) is 0. The van der Waals surface area contributed by atoms with Crippen LogP contribution in [0.15, 0.2) is 0 Å². The maximum Gasteiger partial charge on any atom is 0.433 e. The van der Waals surface area contributed by atoms with Gasteiger partial charge in [0.1, 0.15) is 0 Å². The van der Waals surface area contributed by atoms with Crippen molar-refractivity contribution < 1.29 is 17.8 Å². The fourth-order valence-electron chi connectivity index (χ4n) is 0.644. The lowest BCUT2D eigenvalue weighted by atomic mass is 10.9. The maximum absolute atomic E-state index is 11.8. The van der Waals surface area contributed by atoms with Gasteiger partial charge in [0.15, 0.2) is 0 Å². The van der Waals surface area contributed by atoms with Crippen LogP contribution in [-0.4, -0.2) is 35.8 Å². The zero-order chi connectivity index (χ0) is 10.5. The second-order valence-corrected chi connectivity index (χ2v) is 7.21. The van der Waals surface area contributed by atoms with Gasteiger partial charge in [-0.15, -0.1) is 0 Å². The molecule has 0 saturated carbocycles. The zero-order valence-electron chi connectivity index (χ0n) is 8.35. The molecule has 1 unspecified atom stereocenters. The molecule has 1 atom stereocenters. The summed E-state index contributed by atoms with van der Waals surface area (Å²) in [5.41, 5.74) is 0. The summed E-state index contributed by atoms with van der Waals surface area (Å²) in [6.45, 7) is 0.328. The number of nitrogens with zero attached hydrogens (tertiary/aromatic N) is 1. The van der Waals surface area contributed by atoms with Crippen molar-refractivity contribution in [2.45, 2.75) is 13.8 Å². The van der Waals surface area contributed by atoms with E-state index < -0.39 is 17.4 Å². The Morgan fingerprint density at radius 2 is 1.62 bits per heavy atom. The molecule has 80 valence electrons. The number of hydrogen-bond donors (Lipinski definition) is 0. The van der Waals surface area contributed by atoms with Crippen LogP contribution in [0.25, 0.3) is 0 Å². The molecule has 13 heavy (non-hydrogen) atoms. The van der Waals surface area contributed by atoms with E-state index in [1.54, 1.807) is 27.9 Å². The average Bonchev–Trinajstić information content (AvgIpc) is 2.03. The normalized spacial score (nSPS) is 14.8. The first-order valence-electron chi connectivity index (χ1n) is 3.97. The molecule has 0 aromatic heterocycles. The quantitative estimate of drug-likeness (QED) is 0.646. The van der Waals surface area contributed by atoms with E-state index in [0.717, 1.165) is 0 Å². The average molecular weight is 229 g/mol. The van der Waals surface area contributed by atoms with E-state index in [9.17, 15) is 8.77 Å². The van der Waals surface area contributed by atoms with Gasteiger partial charge in [-0.05, 0) is 13.8 Å². The molecule has 7 heteroatoms. The van der Waals surface area contributed by atoms with E-state index in [-0.39, 0.29) is 13.2 Å². The van der Waals surface area contributed by atoms with Crippen LogP contribution in [-0.2, 0) is 24.2 Å². The van der Waals surface area contributed by atoms with Crippen LogP contribution < -0.4 is 0 Å². The van der Waals surface area contributed by atoms with Crippen molar-refractivity contribution in [1.29, 1.82) is 0 Å². The summed E-state index contributed by atoms with van der Waals surface area (Å²) in [6, 6.07) is 0. The summed E-state index contributed by atoms with van der Waals surface area (Å²) in [7, 11) is 1.38. The summed E-state index contributed by atoms with van der Waals surface area (Å²) in [5.74, 6) is 0. The van der Waals surface area contributed by atoms with Crippen molar-refractivity contribution in [3.8, 4) is 0 Å².